The number of sulfonamides is 1. The SMILES string of the molecule is O=C(Nc1nnc(C2CC2)s1)c1ccc(Cl)c(S(=O)(=O)NC2CC2)c1. The molecule has 2 aliphatic carbocycles. The molecule has 2 aliphatic rings. The van der Waals surface area contributed by atoms with Crippen molar-refractivity contribution >= 4 is 44.0 Å². The Hall–Kier alpha value is -1.55. The molecule has 2 saturated carbocycles. The molecule has 2 N–H and O–H groups in total. The molecule has 0 unspecified atom stereocenters. The van der Waals surface area contributed by atoms with Crippen LogP contribution in [-0.4, -0.2) is 30.6 Å². The van der Waals surface area contributed by atoms with Crippen LogP contribution in [0, 0.1) is 0 Å². The summed E-state index contributed by atoms with van der Waals surface area (Å²) in [4.78, 5) is 12.3. The Morgan fingerprint density at radius 3 is 2.64 bits per heavy atom. The zero-order valence-corrected chi connectivity index (χ0v) is 15.4. The lowest BCUT2D eigenvalue weighted by Gasteiger charge is -2.09. The molecule has 25 heavy (non-hydrogen) atoms. The third-order valence-corrected chi connectivity index (χ3v) is 6.97. The number of hydrogen-bond donors (Lipinski definition) is 2. The first-order chi connectivity index (χ1) is 11.9. The molecule has 10 heteroatoms. The lowest BCUT2D eigenvalue weighted by molar-refractivity contribution is 0.102. The monoisotopic (exact) mass is 398 g/mol. The number of carbonyl (C=O) groups is 1. The quantitative estimate of drug-likeness (QED) is 0.779. The normalized spacial score (nSPS) is 17.5. The number of nitrogens with zero attached hydrogens (tertiary/aromatic N) is 2. The van der Waals surface area contributed by atoms with Gasteiger partial charge in [0.2, 0.25) is 15.2 Å². The molecule has 1 aromatic heterocycles. The van der Waals surface area contributed by atoms with E-state index in [4.69, 9.17) is 11.6 Å². The van der Waals surface area contributed by atoms with Crippen molar-refractivity contribution in [2.75, 3.05) is 5.32 Å². The maximum atomic E-state index is 12.4. The van der Waals surface area contributed by atoms with Crippen LogP contribution in [0.5, 0.6) is 0 Å². The van der Waals surface area contributed by atoms with Gasteiger partial charge in [-0.2, -0.15) is 0 Å². The first-order valence-electron chi connectivity index (χ1n) is 7.89. The average molecular weight is 399 g/mol. The highest BCUT2D eigenvalue weighted by molar-refractivity contribution is 7.89. The summed E-state index contributed by atoms with van der Waals surface area (Å²) in [5.41, 5.74) is 0.198. The molecule has 1 aromatic carbocycles. The van der Waals surface area contributed by atoms with Crippen LogP contribution in [0.4, 0.5) is 5.13 Å². The maximum absolute atomic E-state index is 12.4. The van der Waals surface area contributed by atoms with Gasteiger partial charge in [0.05, 0.1) is 5.02 Å². The van der Waals surface area contributed by atoms with Crippen LogP contribution in [0.1, 0.15) is 47.0 Å². The Labute approximate surface area is 153 Å². The highest BCUT2D eigenvalue weighted by Gasteiger charge is 2.30. The van der Waals surface area contributed by atoms with Crippen LogP contribution in [-0.2, 0) is 10.0 Å². The van der Waals surface area contributed by atoms with E-state index in [1.165, 1.54) is 29.5 Å². The number of aromatic nitrogens is 2. The fourth-order valence-corrected chi connectivity index (χ4v) is 5.02. The minimum absolute atomic E-state index is 0.0409. The van der Waals surface area contributed by atoms with Gasteiger partial charge in [-0.3, -0.25) is 10.1 Å². The highest BCUT2D eigenvalue weighted by atomic mass is 35.5. The van der Waals surface area contributed by atoms with Crippen molar-refractivity contribution in [2.45, 2.75) is 42.5 Å². The van der Waals surface area contributed by atoms with Gasteiger partial charge >= 0.3 is 0 Å². The molecule has 0 atom stereocenters. The van der Waals surface area contributed by atoms with E-state index in [0.717, 1.165) is 30.7 Å². The van der Waals surface area contributed by atoms with Gasteiger partial charge in [-0.05, 0) is 43.9 Å². The molecule has 2 aromatic rings. The largest absolute Gasteiger partial charge is 0.296 e. The fourth-order valence-electron chi connectivity index (χ4n) is 2.28. The van der Waals surface area contributed by atoms with Crippen molar-refractivity contribution in [1.82, 2.24) is 14.9 Å². The van der Waals surface area contributed by atoms with Crippen LogP contribution in [0.15, 0.2) is 23.1 Å². The maximum Gasteiger partial charge on any atom is 0.257 e. The summed E-state index contributed by atoms with van der Waals surface area (Å²) in [6.45, 7) is 0. The Balaban J connectivity index is 1.54. The minimum Gasteiger partial charge on any atom is -0.296 e. The number of nitrogens with one attached hydrogen (secondary N) is 2. The Morgan fingerprint density at radius 1 is 1.20 bits per heavy atom. The lowest BCUT2D eigenvalue weighted by atomic mass is 10.2. The van der Waals surface area contributed by atoms with E-state index in [-0.39, 0.29) is 21.5 Å². The van der Waals surface area contributed by atoms with E-state index in [2.05, 4.69) is 20.2 Å². The van der Waals surface area contributed by atoms with Gasteiger partial charge < -0.3 is 0 Å². The minimum atomic E-state index is -3.74. The number of carbonyl (C=O) groups excluding carboxylic acids is 1. The summed E-state index contributed by atoms with van der Waals surface area (Å²) in [5.74, 6) is 0.0157. The van der Waals surface area contributed by atoms with Gasteiger partial charge in [0.1, 0.15) is 9.90 Å². The van der Waals surface area contributed by atoms with E-state index in [0.29, 0.717) is 11.0 Å². The second kappa shape index (κ2) is 6.31. The van der Waals surface area contributed by atoms with Gasteiger partial charge in [0.25, 0.3) is 5.91 Å². The van der Waals surface area contributed by atoms with Gasteiger partial charge in [0, 0.05) is 17.5 Å². The number of hydrogen-bond acceptors (Lipinski definition) is 6. The molecule has 7 nitrogen and oxygen atoms in total. The number of benzene rings is 1. The lowest BCUT2D eigenvalue weighted by Crippen LogP contribution is -2.26. The molecule has 0 radical (unpaired) electrons. The Morgan fingerprint density at radius 2 is 1.96 bits per heavy atom. The van der Waals surface area contributed by atoms with Crippen molar-refractivity contribution in [2.24, 2.45) is 0 Å². The summed E-state index contributed by atoms with van der Waals surface area (Å²) in [6, 6.07) is 4.14. The third kappa shape index (κ3) is 3.84. The van der Waals surface area contributed by atoms with Gasteiger partial charge in [0.15, 0.2) is 0 Å². The summed E-state index contributed by atoms with van der Waals surface area (Å²) in [7, 11) is -3.74. The zero-order valence-electron chi connectivity index (χ0n) is 13.0. The van der Waals surface area contributed by atoms with Crippen LogP contribution >= 0.6 is 22.9 Å². The summed E-state index contributed by atoms with van der Waals surface area (Å²) < 4.78 is 27.3. The molecule has 0 bridgehead atoms. The predicted octanol–water partition coefficient (Wildman–Crippen LogP) is 2.76. The molecule has 0 aliphatic heterocycles. The fraction of sp³-hybridized carbons (Fsp3) is 0.400. The van der Waals surface area contributed by atoms with E-state index < -0.39 is 15.9 Å². The molecular formula is C15H15ClN4O3S2. The van der Waals surface area contributed by atoms with Crippen molar-refractivity contribution in [3.63, 3.8) is 0 Å². The first kappa shape index (κ1) is 16.9. The number of halogens is 1. The standard InChI is InChI=1S/C15H15ClN4O3S2/c16-11-6-3-9(7-12(11)25(22,23)20-10-4-5-10)13(21)17-15-19-18-14(24-15)8-1-2-8/h3,6-8,10,20H,1-2,4-5H2,(H,17,19,21). The first-order valence-corrected chi connectivity index (χ1v) is 10.6. The van der Waals surface area contributed by atoms with Gasteiger partial charge in [-0.25, -0.2) is 13.1 Å². The van der Waals surface area contributed by atoms with Crippen LogP contribution in [0.3, 0.4) is 0 Å². The smallest absolute Gasteiger partial charge is 0.257 e. The second-order valence-corrected chi connectivity index (χ2v) is 9.31. The Kier molecular flexibility index (Phi) is 4.27. The topological polar surface area (TPSA) is 101 Å². The van der Waals surface area contributed by atoms with Gasteiger partial charge in [-0.15, -0.1) is 10.2 Å². The van der Waals surface area contributed by atoms with Crippen molar-refractivity contribution < 1.29 is 13.2 Å². The van der Waals surface area contributed by atoms with Crippen molar-refractivity contribution in [3.05, 3.63) is 33.8 Å². The highest BCUT2D eigenvalue weighted by Crippen LogP contribution is 2.42. The summed E-state index contributed by atoms with van der Waals surface area (Å²) >= 11 is 7.37. The molecule has 2 fully saturated rings. The summed E-state index contributed by atoms with van der Waals surface area (Å²) in [5, 5.41) is 12.1. The number of rotatable bonds is 6. The molecule has 132 valence electrons. The van der Waals surface area contributed by atoms with E-state index in [1.807, 2.05) is 0 Å². The Bertz CT molecular complexity index is 936. The molecular weight excluding hydrogens is 384 g/mol. The van der Waals surface area contributed by atoms with Gasteiger partial charge in [-0.1, -0.05) is 22.9 Å². The zero-order chi connectivity index (χ0) is 17.6. The average Bonchev–Trinajstić information content (AvgIpc) is 3.49. The van der Waals surface area contributed by atoms with Crippen LogP contribution in [0.2, 0.25) is 5.02 Å². The van der Waals surface area contributed by atoms with E-state index in [9.17, 15) is 13.2 Å². The van der Waals surface area contributed by atoms with E-state index in [1.54, 1.807) is 0 Å². The van der Waals surface area contributed by atoms with Crippen molar-refractivity contribution in [1.29, 1.82) is 0 Å². The molecule has 1 amide bonds. The van der Waals surface area contributed by atoms with E-state index >= 15 is 0 Å². The molecule has 1 heterocycles. The molecule has 0 saturated heterocycles. The second-order valence-electron chi connectivity index (χ2n) is 6.21. The number of amides is 1. The van der Waals surface area contributed by atoms with Crippen LogP contribution < -0.4 is 10.0 Å². The molecule has 4 rings (SSSR count). The third-order valence-electron chi connectivity index (χ3n) is 3.97. The molecule has 0 spiro atoms. The van der Waals surface area contributed by atoms with Crippen LogP contribution in [0.25, 0.3) is 0 Å². The summed E-state index contributed by atoms with van der Waals surface area (Å²) in [6.07, 6.45) is 3.85. The van der Waals surface area contributed by atoms with Crippen molar-refractivity contribution in [3.8, 4) is 0 Å². The number of anilines is 1. The predicted molar refractivity (Wildman–Crippen MR) is 94.6 cm³/mol.